The van der Waals surface area contributed by atoms with Crippen LogP contribution < -0.4 is 0 Å². The van der Waals surface area contributed by atoms with Crippen LogP contribution in [-0.4, -0.2) is 35.7 Å². The quantitative estimate of drug-likeness (QED) is 0.837. The van der Waals surface area contributed by atoms with Gasteiger partial charge in [-0.25, -0.2) is 0 Å². The van der Waals surface area contributed by atoms with Crippen LogP contribution in [0.2, 0.25) is 5.02 Å². The summed E-state index contributed by atoms with van der Waals surface area (Å²) in [6.07, 6.45) is 0.704. The number of aliphatic hydroxyl groups excluding tert-OH is 1. The molecule has 1 aliphatic rings. The third-order valence-electron chi connectivity index (χ3n) is 4.15. The molecule has 0 spiro atoms. The summed E-state index contributed by atoms with van der Waals surface area (Å²) < 4.78 is 0. The van der Waals surface area contributed by atoms with E-state index in [-0.39, 0.29) is 6.10 Å². The second-order valence-electron chi connectivity index (χ2n) is 6.04. The summed E-state index contributed by atoms with van der Waals surface area (Å²) in [4.78, 5) is 2.33. The van der Waals surface area contributed by atoms with Crippen molar-refractivity contribution in [3.63, 3.8) is 0 Å². The SMILES string of the molecule is C=C(C(C)C)[C@@H](CN1CC[C@@H](O)C1)c1ccc(Cl)cc1. The number of hydrogen-bond donors (Lipinski definition) is 1. The molecule has 2 rings (SSSR count). The van der Waals surface area contributed by atoms with Crippen LogP contribution in [0.25, 0.3) is 0 Å². The maximum Gasteiger partial charge on any atom is 0.0679 e. The van der Waals surface area contributed by atoms with Gasteiger partial charge in [0.25, 0.3) is 0 Å². The van der Waals surface area contributed by atoms with Crippen LogP contribution in [0.5, 0.6) is 0 Å². The number of hydrogen-bond acceptors (Lipinski definition) is 2. The molecule has 0 aromatic heterocycles. The van der Waals surface area contributed by atoms with Crippen LogP contribution >= 0.6 is 11.6 Å². The van der Waals surface area contributed by atoms with Crippen LogP contribution in [0.4, 0.5) is 0 Å². The van der Waals surface area contributed by atoms with Crippen LogP contribution in [0.15, 0.2) is 36.4 Å². The Balaban J connectivity index is 2.16. The Morgan fingerprint density at radius 1 is 1.40 bits per heavy atom. The van der Waals surface area contributed by atoms with Crippen molar-refractivity contribution in [2.45, 2.75) is 32.3 Å². The van der Waals surface area contributed by atoms with Gasteiger partial charge in [0.2, 0.25) is 0 Å². The first-order valence-corrected chi connectivity index (χ1v) is 7.69. The zero-order chi connectivity index (χ0) is 14.7. The number of aliphatic hydroxyl groups is 1. The Hall–Kier alpha value is -0.830. The first-order chi connectivity index (χ1) is 9.47. The Morgan fingerprint density at radius 2 is 2.05 bits per heavy atom. The van der Waals surface area contributed by atoms with Crippen molar-refractivity contribution in [1.82, 2.24) is 4.90 Å². The molecule has 2 atom stereocenters. The second-order valence-corrected chi connectivity index (χ2v) is 6.47. The lowest BCUT2D eigenvalue weighted by molar-refractivity contribution is 0.175. The number of halogens is 1. The van der Waals surface area contributed by atoms with E-state index in [2.05, 4.69) is 37.5 Å². The van der Waals surface area contributed by atoms with E-state index in [0.717, 1.165) is 31.1 Å². The molecule has 1 fully saturated rings. The lowest BCUT2D eigenvalue weighted by Crippen LogP contribution is -2.29. The highest BCUT2D eigenvalue weighted by Gasteiger charge is 2.26. The van der Waals surface area contributed by atoms with E-state index in [1.807, 2.05) is 12.1 Å². The molecule has 0 unspecified atom stereocenters. The maximum atomic E-state index is 9.69. The van der Waals surface area contributed by atoms with Crippen molar-refractivity contribution < 1.29 is 5.11 Å². The van der Waals surface area contributed by atoms with E-state index in [1.54, 1.807) is 0 Å². The van der Waals surface area contributed by atoms with Gasteiger partial charge in [-0.15, -0.1) is 0 Å². The first kappa shape index (κ1) is 15.6. The van der Waals surface area contributed by atoms with Crippen molar-refractivity contribution in [2.75, 3.05) is 19.6 Å². The monoisotopic (exact) mass is 293 g/mol. The maximum absolute atomic E-state index is 9.69. The molecule has 0 bridgehead atoms. The lowest BCUT2D eigenvalue weighted by atomic mass is 9.85. The normalized spacial score (nSPS) is 21.4. The fourth-order valence-electron chi connectivity index (χ4n) is 2.77. The molecule has 0 saturated carbocycles. The molecule has 1 heterocycles. The Kier molecular flexibility index (Phi) is 5.25. The molecule has 1 saturated heterocycles. The van der Waals surface area contributed by atoms with Crippen molar-refractivity contribution >= 4 is 11.6 Å². The molecular formula is C17H24ClNO. The second kappa shape index (κ2) is 6.75. The van der Waals surface area contributed by atoms with Gasteiger partial charge in [0.15, 0.2) is 0 Å². The van der Waals surface area contributed by atoms with E-state index >= 15 is 0 Å². The zero-order valence-electron chi connectivity index (χ0n) is 12.3. The van der Waals surface area contributed by atoms with Gasteiger partial charge in [-0.1, -0.05) is 49.7 Å². The Morgan fingerprint density at radius 3 is 2.55 bits per heavy atom. The third-order valence-corrected chi connectivity index (χ3v) is 4.40. The van der Waals surface area contributed by atoms with Crippen LogP contribution in [-0.2, 0) is 0 Å². The van der Waals surface area contributed by atoms with Gasteiger partial charge in [-0.3, -0.25) is 4.90 Å². The highest BCUT2D eigenvalue weighted by atomic mass is 35.5. The van der Waals surface area contributed by atoms with Crippen molar-refractivity contribution in [2.24, 2.45) is 5.92 Å². The summed E-state index contributed by atoms with van der Waals surface area (Å²) >= 11 is 5.98. The van der Waals surface area contributed by atoms with E-state index in [9.17, 15) is 5.11 Å². The van der Waals surface area contributed by atoms with Crippen LogP contribution in [0.3, 0.4) is 0 Å². The van der Waals surface area contributed by atoms with Gasteiger partial charge in [-0.2, -0.15) is 0 Å². The summed E-state index contributed by atoms with van der Waals surface area (Å²) in [5.41, 5.74) is 2.50. The third kappa shape index (κ3) is 3.85. The van der Waals surface area contributed by atoms with E-state index in [4.69, 9.17) is 11.6 Å². The molecule has 0 aliphatic carbocycles. The molecule has 110 valence electrons. The highest BCUT2D eigenvalue weighted by molar-refractivity contribution is 6.30. The predicted molar refractivity (Wildman–Crippen MR) is 85.2 cm³/mol. The lowest BCUT2D eigenvalue weighted by Gasteiger charge is -2.27. The van der Waals surface area contributed by atoms with Gasteiger partial charge in [-0.05, 0) is 30.0 Å². The number of rotatable bonds is 5. The molecule has 1 N–H and O–H groups in total. The summed E-state index contributed by atoms with van der Waals surface area (Å²) in [7, 11) is 0. The standard InChI is InChI=1S/C17H24ClNO/c1-12(2)13(3)17(11-19-9-8-16(20)10-19)14-4-6-15(18)7-5-14/h4-7,12,16-17,20H,3,8-11H2,1-2H3/t16-,17-/m1/s1. The Bertz CT molecular complexity index is 455. The smallest absolute Gasteiger partial charge is 0.0679 e. The minimum Gasteiger partial charge on any atom is -0.392 e. The van der Waals surface area contributed by atoms with Gasteiger partial charge >= 0.3 is 0 Å². The fourth-order valence-corrected chi connectivity index (χ4v) is 2.90. The number of β-amino-alcohol motifs (C(OH)–C–C–N with tert-alkyl or cyclic N) is 1. The summed E-state index contributed by atoms with van der Waals surface area (Å²) in [6, 6.07) is 8.06. The summed E-state index contributed by atoms with van der Waals surface area (Å²) in [5, 5.41) is 10.4. The van der Waals surface area contributed by atoms with Gasteiger partial charge in [0, 0.05) is 30.6 Å². The van der Waals surface area contributed by atoms with Gasteiger partial charge in [0.05, 0.1) is 6.10 Å². The molecule has 3 heteroatoms. The molecule has 1 aromatic carbocycles. The minimum absolute atomic E-state index is 0.173. The molecule has 1 aliphatic heterocycles. The fraction of sp³-hybridized carbons (Fsp3) is 0.529. The van der Waals surface area contributed by atoms with Gasteiger partial charge < -0.3 is 5.11 Å². The first-order valence-electron chi connectivity index (χ1n) is 7.32. The molecule has 0 amide bonds. The predicted octanol–water partition coefficient (Wildman–Crippen LogP) is 3.70. The summed E-state index contributed by atoms with van der Waals surface area (Å²) in [6.45, 7) is 11.3. The average molecular weight is 294 g/mol. The van der Waals surface area contributed by atoms with Crippen molar-refractivity contribution in [3.8, 4) is 0 Å². The molecule has 0 radical (unpaired) electrons. The number of benzene rings is 1. The van der Waals surface area contributed by atoms with Crippen LogP contribution in [0, 0.1) is 5.92 Å². The zero-order valence-corrected chi connectivity index (χ0v) is 13.1. The summed E-state index contributed by atoms with van der Waals surface area (Å²) in [5.74, 6) is 0.751. The van der Waals surface area contributed by atoms with Crippen molar-refractivity contribution in [3.05, 3.63) is 47.0 Å². The number of nitrogens with zero attached hydrogens (tertiary/aromatic N) is 1. The van der Waals surface area contributed by atoms with Gasteiger partial charge in [0.1, 0.15) is 0 Å². The molecule has 2 nitrogen and oxygen atoms in total. The largest absolute Gasteiger partial charge is 0.392 e. The molecule has 1 aromatic rings. The topological polar surface area (TPSA) is 23.5 Å². The van der Waals surface area contributed by atoms with Crippen LogP contribution in [0.1, 0.15) is 31.7 Å². The molecular weight excluding hydrogens is 270 g/mol. The average Bonchev–Trinajstić information content (AvgIpc) is 2.82. The number of likely N-dealkylation sites (tertiary alicyclic amines) is 1. The van der Waals surface area contributed by atoms with E-state index in [0.29, 0.717) is 11.8 Å². The minimum atomic E-state index is -0.173. The van der Waals surface area contributed by atoms with Crippen molar-refractivity contribution in [1.29, 1.82) is 0 Å². The highest BCUT2D eigenvalue weighted by Crippen LogP contribution is 2.31. The Labute approximate surface area is 127 Å². The van der Waals surface area contributed by atoms with E-state index < -0.39 is 0 Å². The molecule has 20 heavy (non-hydrogen) atoms. The van der Waals surface area contributed by atoms with E-state index in [1.165, 1.54) is 11.1 Å².